The molecule has 0 saturated carbocycles. The van der Waals surface area contributed by atoms with E-state index >= 15 is 0 Å². The van der Waals surface area contributed by atoms with Gasteiger partial charge in [0.05, 0.1) is 6.61 Å². The zero-order valence-corrected chi connectivity index (χ0v) is 8.37. The van der Waals surface area contributed by atoms with E-state index in [9.17, 15) is 4.39 Å². The lowest BCUT2D eigenvalue weighted by Gasteiger charge is -2.12. The van der Waals surface area contributed by atoms with Crippen molar-refractivity contribution in [3.05, 3.63) is 30.3 Å². The van der Waals surface area contributed by atoms with Gasteiger partial charge >= 0.3 is 0 Å². The second-order valence-electron chi connectivity index (χ2n) is 2.98. The molecule has 1 heterocycles. The van der Waals surface area contributed by atoms with Crippen LogP contribution in [0.4, 0.5) is 4.39 Å². The van der Waals surface area contributed by atoms with Crippen LogP contribution in [0.3, 0.4) is 0 Å². The van der Waals surface area contributed by atoms with Crippen LogP contribution in [0.5, 0.6) is 0 Å². The quantitative estimate of drug-likeness (QED) is 0.720. The molecular weight excluding hydrogens is 203 g/mol. The maximum absolute atomic E-state index is 13.6. The van der Waals surface area contributed by atoms with Crippen molar-refractivity contribution < 1.29 is 13.9 Å². The van der Waals surface area contributed by atoms with Crippen LogP contribution in [-0.4, -0.2) is 25.0 Å². The van der Waals surface area contributed by atoms with Crippen LogP contribution in [0.1, 0.15) is 0 Å². The lowest BCUT2D eigenvalue weighted by atomic mass is 10.4. The smallest absolute Gasteiger partial charge is 0.178 e. The standard InChI is InChI=1S/C10H11FO2S/c11-10(9-6-12-7-13-9)14-8-4-2-1-3-5-8/h1-5,9-10H,6-7H2/t9?,10-/m0/s1. The first-order valence-electron chi connectivity index (χ1n) is 4.41. The van der Waals surface area contributed by atoms with Crippen LogP contribution >= 0.6 is 11.8 Å². The van der Waals surface area contributed by atoms with Crippen molar-refractivity contribution in [3.8, 4) is 0 Å². The van der Waals surface area contributed by atoms with E-state index in [4.69, 9.17) is 9.47 Å². The second kappa shape index (κ2) is 4.77. The van der Waals surface area contributed by atoms with Gasteiger partial charge in [-0.15, -0.1) is 0 Å². The third-order valence-electron chi connectivity index (χ3n) is 1.93. The van der Waals surface area contributed by atoms with Gasteiger partial charge in [-0.05, 0) is 12.1 Å². The molecule has 1 fully saturated rings. The summed E-state index contributed by atoms with van der Waals surface area (Å²) < 4.78 is 23.6. The Balaban J connectivity index is 1.90. The van der Waals surface area contributed by atoms with Crippen molar-refractivity contribution in [1.29, 1.82) is 0 Å². The molecule has 1 saturated heterocycles. The Labute approximate surface area is 86.4 Å². The number of ether oxygens (including phenoxy) is 2. The lowest BCUT2D eigenvalue weighted by Crippen LogP contribution is -2.20. The van der Waals surface area contributed by atoms with E-state index in [0.29, 0.717) is 6.61 Å². The molecule has 1 aromatic rings. The molecule has 1 aromatic carbocycles. The summed E-state index contributed by atoms with van der Waals surface area (Å²) in [7, 11) is 0. The van der Waals surface area contributed by atoms with Crippen molar-refractivity contribution in [3.63, 3.8) is 0 Å². The van der Waals surface area contributed by atoms with Gasteiger partial charge in [0.25, 0.3) is 0 Å². The fraction of sp³-hybridized carbons (Fsp3) is 0.400. The Morgan fingerprint density at radius 1 is 1.36 bits per heavy atom. The van der Waals surface area contributed by atoms with E-state index < -0.39 is 11.6 Å². The highest BCUT2D eigenvalue weighted by molar-refractivity contribution is 7.99. The highest BCUT2D eigenvalue weighted by Crippen LogP contribution is 2.28. The minimum absolute atomic E-state index is 0.209. The predicted molar refractivity (Wildman–Crippen MR) is 52.9 cm³/mol. The summed E-state index contributed by atoms with van der Waals surface area (Å²) in [6, 6.07) is 9.45. The normalized spacial score (nSPS) is 23.6. The molecule has 0 bridgehead atoms. The minimum Gasteiger partial charge on any atom is -0.353 e. The van der Waals surface area contributed by atoms with Crippen molar-refractivity contribution in [2.75, 3.05) is 13.4 Å². The predicted octanol–water partition coefficient (Wildman–Crippen LogP) is 2.45. The first kappa shape index (κ1) is 9.96. The number of thioether (sulfide) groups is 1. The molecule has 0 amide bonds. The molecule has 14 heavy (non-hydrogen) atoms. The summed E-state index contributed by atoms with van der Waals surface area (Å²) in [5, 5.41) is 0. The van der Waals surface area contributed by atoms with Crippen LogP contribution < -0.4 is 0 Å². The Morgan fingerprint density at radius 3 is 2.79 bits per heavy atom. The summed E-state index contributed by atoms with van der Waals surface area (Å²) in [5.41, 5.74) is -1.06. The van der Waals surface area contributed by atoms with Gasteiger partial charge in [-0.25, -0.2) is 4.39 Å². The molecule has 0 spiro atoms. The number of halogens is 1. The molecule has 2 rings (SSSR count). The number of hydrogen-bond donors (Lipinski definition) is 0. The van der Waals surface area contributed by atoms with Crippen molar-refractivity contribution in [1.82, 2.24) is 0 Å². The van der Waals surface area contributed by atoms with Gasteiger partial charge in [0.1, 0.15) is 12.9 Å². The first-order chi connectivity index (χ1) is 6.86. The Hall–Kier alpha value is -0.580. The molecule has 1 aliphatic rings. The zero-order chi connectivity index (χ0) is 9.80. The van der Waals surface area contributed by atoms with Gasteiger partial charge in [-0.3, -0.25) is 0 Å². The minimum atomic E-state index is -1.06. The van der Waals surface area contributed by atoms with Crippen LogP contribution in [0.2, 0.25) is 0 Å². The van der Waals surface area contributed by atoms with Gasteiger partial charge in [0.15, 0.2) is 5.50 Å². The Kier molecular flexibility index (Phi) is 3.39. The van der Waals surface area contributed by atoms with Crippen LogP contribution in [0.15, 0.2) is 35.2 Å². The molecule has 2 nitrogen and oxygen atoms in total. The molecule has 76 valence electrons. The monoisotopic (exact) mass is 214 g/mol. The maximum Gasteiger partial charge on any atom is 0.178 e. The molecule has 0 aromatic heterocycles. The highest BCUT2D eigenvalue weighted by atomic mass is 32.2. The fourth-order valence-electron chi connectivity index (χ4n) is 1.20. The first-order valence-corrected chi connectivity index (χ1v) is 5.29. The lowest BCUT2D eigenvalue weighted by molar-refractivity contribution is 0.0349. The topological polar surface area (TPSA) is 18.5 Å². The molecule has 1 aliphatic heterocycles. The Bertz CT molecular complexity index is 275. The van der Waals surface area contributed by atoms with Gasteiger partial charge in [-0.2, -0.15) is 0 Å². The van der Waals surface area contributed by atoms with Crippen LogP contribution in [-0.2, 0) is 9.47 Å². The number of alkyl halides is 1. The van der Waals surface area contributed by atoms with E-state index in [1.54, 1.807) is 0 Å². The molecule has 0 N–H and O–H groups in total. The van der Waals surface area contributed by atoms with Crippen molar-refractivity contribution >= 4 is 11.8 Å². The maximum atomic E-state index is 13.6. The average Bonchev–Trinajstić information content (AvgIpc) is 2.72. The van der Waals surface area contributed by atoms with E-state index in [1.165, 1.54) is 11.8 Å². The molecular formula is C10H11FO2S. The summed E-state index contributed by atoms with van der Waals surface area (Å²) in [6.45, 7) is 0.557. The third kappa shape index (κ3) is 2.47. The van der Waals surface area contributed by atoms with E-state index in [-0.39, 0.29) is 6.79 Å². The molecule has 0 aliphatic carbocycles. The zero-order valence-electron chi connectivity index (χ0n) is 7.56. The van der Waals surface area contributed by atoms with E-state index in [1.807, 2.05) is 30.3 Å². The average molecular weight is 214 g/mol. The molecule has 2 atom stereocenters. The third-order valence-corrected chi connectivity index (χ3v) is 3.00. The summed E-state index contributed by atoms with van der Waals surface area (Å²) >= 11 is 1.17. The van der Waals surface area contributed by atoms with E-state index in [0.717, 1.165) is 4.90 Å². The summed E-state index contributed by atoms with van der Waals surface area (Å²) in [4.78, 5) is 0.913. The van der Waals surface area contributed by atoms with Gasteiger partial charge in [0.2, 0.25) is 0 Å². The molecule has 4 heteroatoms. The van der Waals surface area contributed by atoms with Gasteiger partial charge in [-0.1, -0.05) is 30.0 Å². The van der Waals surface area contributed by atoms with Gasteiger partial charge in [0, 0.05) is 4.90 Å². The number of rotatable bonds is 3. The van der Waals surface area contributed by atoms with Crippen LogP contribution in [0.25, 0.3) is 0 Å². The number of hydrogen-bond acceptors (Lipinski definition) is 3. The fourth-order valence-corrected chi connectivity index (χ4v) is 2.09. The molecule has 0 radical (unpaired) electrons. The second-order valence-corrected chi connectivity index (χ2v) is 4.13. The largest absolute Gasteiger partial charge is 0.353 e. The van der Waals surface area contributed by atoms with E-state index in [2.05, 4.69) is 0 Å². The van der Waals surface area contributed by atoms with Crippen molar-refractivity contribution in [2.24, 2.45) is 0 Å². The highest BCUT2D eigenvalue weighted by Gasteiger charge is 2.27. The summed E-state index contributed by atoms with van der Waals surface area (Å²) in [5.74, 6) is 0. The summed E-state index contributed by atoms with van der Waals surface area (Å²) in [6.07, 6.45) is -0.430. The van der Waals surface area contributed by atoms with Gasteiger partial charge < -0.3 is 9.47 Å². The Morgan fingerprint density at radius 2 is 2.14 bits per heavy atom. The SMILES string of the molecule is F[C@@H](Sc1ccccc1)C1COCO1. The number of benzene rings is 1. The molecule has 1 unspecified atom stereocenters. The van der Waals surface area contributed by atoms with Crippen molar-refractivity contribution in [2.45, 2.75) is 16.5 Å². The van der Waals surface area contributed by atoms with Crippen LogP contribution in [0, 0.1) is 0 Å².